The Morgan fingerprint density at radius 1 is 0.533 bits per heavy atom. The maximum Gasteiger partial charge on any atom is 0.0677 e. The number of hydrogen-bond donors (Lipinski definition) is 1. The first-order valence-electron chi connectivity index (χ1n) is 21.2. The molecule has 0 radical (unpaired) electrons. The van der Waals surface area contributed by atoms with Crippen LogP contribution in [0.4, 0.5) is 22.7 Å². The number of nitrogens with one attached hydrogen (secondary N) is 1. The number of allylic oxidation sites excluding steroid dienone is 4. The summed E-state index contributed by atoms with van der Waals surface area (Å²) in [5.41, 5.74) is 19.4. The summed E-state index contributed by atoms with van der Waals surface area (Å²) >= 11 is 0. The van der Waals surface area contributed by atoms with Gasteiger partial charge in [0, 0.05) is 35.2 Å². The fourth-order valence-electron chi connectivity index (χ4n) is 9.61. The van der Waals surface area contributed by atoms with Crippen molar-refractivity contribution >= 4 is 28.3 Å². The van der Waals surface area contributed by atoms with Crippen LogP contribution < -0.4 is 10.2 Å². The topological polar surface area (TPSA) is 15.3 Å². The number of hydrogen-bond acceptors (Lipinski definition) is 2. The summed E-state index contributed by atoms with van der Waals surface area (Å²) in [6.07, 6.45) is 5.77. The Morgan fingerprint density at radius 3 is 1.58 bits per heavy atom. The first-order valence-corrected chi connectivity index (χ1v) is 21.2. The van der Waals surface area contributed by atoms with Gasteiger partial charge in [-0.25, -0.2) is 0 Å². The molecule has 2 atom stereocenters. The minimum absolute atomic E-state index is 0.271. The molecular formula is C58H48N2. The van der Waals surface area contributed by atoms with E-state index in [1.54, 1.807) is 0 Å². The SMILES string of the molecule is CCNc1ccc(C2(c3ccc(C)cc3)C3=C(C=CC(c4ccccc4)C3)c3ccc(N(c4ccc(-c5ccccc5)cc4)c4ccc(-c5ccccc5)cc4)cc32)cc1. The van der Waals surface area contributed by atoms with Gasteiger partial charge in [0.1, 0.15) is 0 Å². The van der Waals surface area contributed by atoms with Crippen LogP contribution in [0.15, 0.2) is 224 Å². The molecule has 1 N–H and O–H groups in total. The molecule has 0 saturated heterocycles. The van der Waals surface area contributed by atoms with Crippen LogP contribution in [0.1, 0.15) is 52.6 Å². The molecule has 0 bridgehead atoms. The standard InChI is InChI=1S/C58H48N2/c1-3-59-50-30-28-49(29-31-50)58(48-26-19-41(2)20-27-48)56-39-47(44-17-11-6-12-18-44)25-37-54(56)55-38-36-53(40-57(55)58)60(51-32-21-45(22-33-51)42-13-7-4-8-14-42)52-34-23-46(24-35-52)43-15-9-5-10-16-43/h4-38,40,47,59H,3,39H2,1-2H3. The molecule has 2 aliphatic carbocycles. The van der Waals surface area contributed by atoms with Gasteiger partial charge in [0.05, 0.1) is 5.41 Å². The van der Waals surface area contributed by atoms with Crippen LogP contribution in [0.2, 0.25) is 0 Å². The number of rotatable bonds is 10. The fourth-order valence-corrected chi connectivity index (χ4v) is 9.61. The second-order valence-electron chi connectivity index (χ2n) is 16.1. The van der Waals surface area contributed by atoms with Gasteiger partial charge in [0.2, 0.25) is 0 Å². The van der Waals surface area contributed by atoms with Gasteiger partial charge >= 0.3 is 0 Å². The van der Waals surface area contributed by atoms with Crippen molar-refractivity contribution in [2.24, 2.45) is 0 Å². The Hall–Kier alpha value is -7.16. The molecule has 0 fully saturated rings. The Balaban J connectivity index is 1.18. The number of fused-ring (bicyclic) bond motifs is 2. The lowest BCUT2D eigenvalue weighted by Crippen LogP contribution is -2.31. The zero-order chi connectivity index (χ0) is 40.5. The summed E-state index contributed by atoms with van der Waals surface area (Å²) in [4.78, 5) is 2.43. The highest BCUT2D eigenvalue weighted by Gasteiger charge is 2.49. The molecule has 0 heterocycles. The van der Waals surface area contributed by atoms with Crippen molar-refractivity contribution in [1.29, 1.82) is 0 Å². The molecule has 2 aliphatic rings. The lowest BCUT2D eigenvalue weighted by atomic mass is 9.64. The van der Waals surface area contributed by atoms with E-state index in [0.717, 1.165) is 35.7 Å². The van der Waals surface area contributed by atoms with Crippen molar-refractivity contribution in [3.63, 3.8) is 0 Å². The predicted molar refractivity (Wildman–Crippen MR) is 254 cm³/mol. The minimum Gasteiger partial charge on any atom is -0.385 e. The Bertz CT molecular complexity index is 2720. The number of nitrogens with zero attached hydrogens (tertiary/aromatic N) is 1. The minimum atomic E-state index is -0.517. The molecule has 290 valence electrons. The molecule has 2 heteroatoms. The molecule has 8 aromatic rings. The van der Waals surface area contributed by atoms with Crippen molar-refractivity contribution in [2.45, 2.75) is 31.6 Å². The van der Waals surface area contributed by atoms with Crippen LogP contribution >= 0.6 is 0 Å². The smallest absolute Gasteiger partial charge is 0.0677 e. The van der Waals surface area contributed by atoms with E-state index in [-0.39, 0.29) is 5.92 Å². The van der Waals surface area contributed by atoms with Crippen molar-refractivity contribution in [3.8, 4) is 22.3 Å². The first kappa shape index (κ1) is 37.1. The van der Waals surface area contributed by atoms with Crippen molar-refractivity contribution < 1.29 is 0 Å². The molecule has 0 aromatic heterocycles. The van der Waals surface area contributed by atoms with E-state index in [9.17, 15) is 0 Å². The Kier molecular flexibility index (Phi) is 9.83. The fraction of sp³-hybridized carbons (Fsp3) is 0.103. The molecule has 0 amide bonds. The maximum atomic E-state index is 3.55. The predicted octanol–water partition coefficient (Wildman–Crippen LogP) is 15.1. The van der Waals surface area contributed by atoms with Crippen molar-refractivity contribution in [3.05, 3.63) is 257 Å². The highest BCUT2D eigenvalue weighted by atomic mass is 15.1. The summed E-state index contributed by atoms with van der Waals surface area (Å²) in [6.45, 7) is 5.22. The van der Waals surface area contributed by atoms with Gasteiger partial charge in [-0.3, -0.25) is 0 Å². The molecule has 0 spiro atoms. The average molecular weight is 773 g/mol. The van der Waals surface area contributed by atoms with Crippen LogP contribution in [-0.2, 0) is 5.41 Å². The molecule has 0 saturated carbocycles. The molecule has 2 unspecified atom stereocenters. The van der Waals surface area contributed by atoms with Crippen LogP contribution in [0.5, 0.6) is 0 Å². The number of anilines is 4. The summed E-state index contributed by atoms with van der Waals surface area (Å²) in [6, 6.07) is 76.1. The van der Waals surface area contributed by atoms with Gasteiger partial charge < -0.3 is 10.2 Å². The van der Waals surface area contributed by atoms with Gasteiger partial charge in [-0.2, -0.15) is 0 Å². The molecule has 2 nitrogen and oxygen atoms in total. The summed E-state index contributed by atoms with van der Waals surface area (Å²) in [7, 11) is 0. The van der Waals surface area contributed by atoms with E-state index in [0.29, 0.717) is 0 Å². The third kappa shape index (κ3) is 6.65. The zero-order valence-corrected chi connectivity index (χ0v) is 34.2. The number of aryl methyl sites for hydroxylation is 1. The van der Waals surface area contributed by atoms with Gasteiger partial charge in [0.25, 0.3) is 0 Å². The van der Waals surface area contributed by atoms with E-state index in [2.05, 4.69) is 242 Å². The van der Waals surface area contributed by atoms with Crippen LogP contribution in [0.25, 0.3) is 27.8 Å². The van der Waals surface area contributed by atoms with Crippen LogP contribution in [0, 0.1) is 6.92 Å². The largest absolute Gasteiger partial charge is 0.385 e. The van der Waals surface area contributed by atoms with E-state index in [1.165, 1.54) is 66.8 Å². The molecular weight excluding hydrogens is 725 g/mol. The summed E-state index contributed by atoms with van der Waals surface area (Å²) in [5.74, 6) is 0.271. The lowest BCUT2D eigenvalue weighted by molar-refractivity contribution is 0.666. The Morgan fingerprint density at radius 2 is 1.03 bits per heavy atom. The second-order valence-corrected chi connectivity index (χ2v) is 16.1. The Labute approximate surface area is 354 Å². The van der Waals surface area contributed by atoms with Gasteiger partial charge in [0.15, 0.2) is 0 Å². The quantitative estimate of drug-likeness (QED) is 0.149. The van der Waals surface area contributed by atoms with Gasteiger partial charge in [-0.1, -0.05) is 175 Å². The molecule has 10 rings (SSSR count). The van der Waals surface area contributed by atoms with E-state index in [1.807, 2.05) is 0 Å². The number of benzene rings is 8. The molecule has 8 aromatic carbocycles. The van der Waals surface area contributed by atoms with E-state index >= 15 is 0 Å². The highest BCUT2D eigenvalue weighted by molar-refractivity contribution is 5.93. The van der Waals surface area contributed by atoms with Gasteiger partial charge in [-0.05, 0) is 130 Å². The van der Waals surface area contributed by atoms with Crippen LogP contribution in [-0.4, -0.2) is 6.54 Å². The second kappa shape index (κ2) is 15.9. The highest BCUT2D eigenvalue weighted by Crippen LogP contribution is 2.59. The van der Waals surface area contributed by atoms with E-state index < -0.39 is 5.41 Å². The normalized spacial score (nSPS) is 16.6. The van der Waals surface area contributed by atoms with E-state index in [4.69, 9.17) is 0 Å². The van der Waals surface area contributed by atoms with Gasteiger partial charge in [-0.15, -0.1) is 0 Å². The molecule has 60 heavy (non-hydrogen) atoms. The summed E-state index contributed by atoms with van der Waals surface area (Å²) < 4.78 is 0. The van der Waals surface area contributed by atoms with Crippen molar-refractivity contribution in [1.82, 2.24) is 0 Å². The zero-order valence-electron chi connectivity index (χ0n) is 34.2. The maximum absolute atomic E-state index is 3.55. The third-order valence-electron chi connectivity index (χ3n) is 12.5. The van der Waals surface area contributed by atoms with Crippen LogP contribution in [0.3, 0.4) is 0 Å². The first-order chi connectivity index (χ1) is 29.6. The third-order valence-corrected chi connectivity index (χ3v) is 12.5. The summed E-state index contributed by atoms with van der Waals surface area (Å²) in [5, 5.41) is 3.55. The monoisotopic (exact) mass is 772 g/mol. The molecule has 0 aliphatic heterocycles. The average Bonchev–Trinajstić information content (AvgIpc) is 3.60. The lowest BCUT2D eigenvalue weighted by Gasteiger charge is -2.38. The van der Waals surface area contributed by atoms with Crippen molar-refractivity contribution in [2.75, 3.05) is 16.8 Å².